The van der Waals surface area contributed by atoms with E-state index in [1.807, 2.05) is 13.8 Å². The summed E-state index contributed by atoms with van der Waals surface area (Å²) >= 11 is 11.2. The molecule has 0 radical (unpaired) electrons. The minimum absolute atomic E-state index is 0.104. The van der Waals surface area contributed by atoms with Gasteiger partial charge in [-0.05, 0) is 60.6 Å². The molecule has 0 aliphatic rings. The monoisotopic (exact) mass is 520 g/mol. The van der Waals surface area contributed by atoms with Crippen molar-refractivity contribution in [3.63, 3.8) is 0 Å². The van der Waals surface area contributed by atoms with Crippen LogP contribution in [0.3, 0.4) is 0 Å². The van der Waals surface area contributed by atoms with Crippen molar-refractivity contribution in [3.05, 3.63) is 69.0 Å². The van der Waals surface area contributed by atoms with E-state index in [1.165, 1.54) is 0 Å². The van der Waals surface area contributed by atoms with Crippen LogP contribution >= 0.6 is 23.2 Å². The van der Waals surface area contributed by atoms with Crippen LogP contribution in [0.5, 0.6) is 0 Å². The average molecular weight is 521 g/mol. The second-order valence-electron chi connectivity index (χ2n) is 7.61. The van der Waals surface area contributed by atoms with E-state index in [0.29, 0.717) is 17.5 Å². The van der Waals surface area contributed by atoms with E-state index in [9.17, 15) is 35.8 Å². The van der Waals surface area contributed by atoms with Gasteiger partial charge in [-0.3, -0.25) is 0 Å². The van der Waals surface area contributed by atoms with Crippen molar-refractivity contribution in [2.24, 2.45) is 5.92 Å². The zero-order valence-electron chi connectivity index (χ0n) is 18.2. The number of hydrogen-bond acceptors (Lipinski definition) is 1. The molecule has 0 spiro atoms. The van der Waals surface area contributed by atoms with Crippen molar-refractivity contribution in [2.75, 3.05) is 0 Å². The number of hydrogen-bond donors (Lipinski definition) is 1. The van der Waals surface area contributed by atoms with Gasteiger partial charge in [-0.15, -0.1) is 0 Å². The Labute approximate surface area is 198 Å². The van der Waals surface area contributed by atoms with Crippen LogP contribution in [0.4, 0.5) is 30.7 Å². The summed E-state index contributed by atoms with van der Waals surface area (Å²) in [7, 11) is 0. The lowest BCUT2D eigenvalue weighted by molar-refractivity contribution is -0.263. The van der Waals surface area contributed by atoms with Gasteiger partial charge < -0.3 is 5.11 Å². The van der Waals surface area contributed by atoms with Crippen molar-refractivity contribution in [3.8, 4) is 0 Å². The van der Waals surface area contributed by atoms with Crippen molar-refractivity contribution in [1.29, 1.82) is 0 Å². The van der Waals surface area contributed by atoms with E-state index in [1.54, 1.807) is 31.2 Å². The SMILES string of the molecule is CC.CC(CCC(O)(Cc1cc(C(F)(F)F)cc(Cl)c1F)C(F)(F)F)Cc1ccc(Cl)cc1. The Bertz CT molecular complexity index is 895. The first-order valence-electron chi connectivity index (χ1n) is 10.2. The second kappa shape index (κ2) is 11.8. The zero-order chi connectivity index (χ0) is 25.6. The fourth-order valence-electron chi connectivity index (χ4n) is 3.19. The molecule has 0 aromatic heterocycles. The van der Waals surface area contributed by atoms with Crippen LogP contribution in [0.15, 0.2) is 36.4 Å². The van der Waals surface area contributed by atoms with E-state index in [-0.39, 0.29) is 18.4 Å². The van der Waals surface area contributed by atoms with Crippen LogP contribution < -0.4 is 0 Å². The Morgan fingerprint density at radius 2 is 1.48 bits per heavy atom. The molecule has 2 aromatic rings. The molecule has 33 heavy (non-hydrogen) atoms. The minimum atomic E-state index is -5.19. The van der Waals surface area contributed by atoms with Gasteiger partial charge >= 0.3 is 12.4 Å². The lowest BCUT2D eigenvalue weighted by Crippen LogP contribution is -2.47. The summed E-state index contributed by atoms with van der Waals surface area (Å²) in [6.45, 7) is 5.67. The maximum atomic E-state index is 14.2. The van der Waals surface area contributed by atoms with Gasteiger partial charge in [-0.1, -0.05) is 56.1 Å². The third-order valence-electron chi connectivity index (χ3n) is 4.99. The van der Waals surface area contributed by atoms with Crippen molar-refractivity contribution in [2.45, 2.75) is 64.4 Å². The predicted molar refractivity (Wildman–Crippen MR) is 116 cm³/mol. The molecule has 0 bridgehead atoms. The molecule has 0 aliphatic heterocycles. The number of aliphatic hydroxyl groups is 1. The summed E-state index contributed by atoms with van der Waals surface area (Å²) in [6.07, 6.45) is -12.0. The molecule has 2 unspecified atom stereocenters. The molecule has 0 heterocycles. The minimum Gasteiger partial charge on any atom is -0.380 e. The summed E-state index contributed by atoms with van der Waals surface area (Å²) in [5.41, 5.74) is -4.95. The topological polar surface area (TPSA) is 20.2 Å². The molecule has 186 valence electrons. The highest BCUT2D eigenvalue weighted by atomic mass is 35.5. The molecule has 1 nitrogen and oxygen atoms in total. The molecule has 2 aromatic carbocycles. The zero-order valence-corrected chi connectivity index (χ0v) is 19.7. The molecular weight excluding hydrogens is 496 g/mol. The lowest BCUT2D eigenvalue weighted by atomic mass is 9.84. The van der Waals surface area contributed by atoms with E-state index in [0.717, 1.165) is 5.56 Å². The molecule has 1 N–H and O–H groups in total. The van der Waals surface area contributed by atoms with Gasteiger partial charge in [0.05, 0.1) is 10.6 Å². The Morgan fingerprint density at radius 1 is 0.939 bits per heavy atom. The standard InChI is InChI=1S/C21H19Cl2F7O.C2H6/c1-12(8-13-2-4-16(22)5-3-13)6-7-19(31,21(28,29)30)11-14-9-15(20(25,26)27)10-17(23)18(14)24;1-2/h2-5,9-10,12,31H,6-8,11H2,1H3;1-2H3. The first-order valence-corrected chi connectivity index (χ1v) is 11.0. The summed E-state index contributed by atoms with van der Waals surface area (Å²) in [4.78, 5) is 0. The van der Waals surface area contributed by atoms with E-state index in [2.05, 4.69) is 0 Å². The predicted octanol–water partition coefficient (Wildman–Crippen LogP) is 8.67. The second-order valence-corrected chi connectivity index (χ2v) is 8.45. The average Bonchev–Trinajstić information content (AvgIpc) is 2.71. The Hall–Kier alpha value is -1.51. The van der Waals surface area contributed by atoms with Crippen molar-refractivity contribution in [1.82, 2.24) is 0 Å². The van der Waals surface area contributed by atoms with Gasteiger partial charge in [-0.25, -0.2) is 4.39 Å². The van der Waals surface area contributed by atoms with Gasteiger partial charge in [0.1, 0.15) is 5.82 Å². The van der Waals surface area contributed by atoms with E-state index >= 15 is 0 Å². The van der Waals surface area contributed by atoms with Gasteiger partial charge in [0.2, 0.25) is 0 Å². The summed E-state index contributed by atoms with van der Waals surface area (Å²) in [5, 5.41) is 9.87. The maximum Gasteiger partial charge on any atom is 0.417 e. The van der Waals surface area contributed by atoms with Crippen LogP contribution in [0.2, 0.25) is 10.0 Å². The van der Waals surface area contributed by atoms with Crippen LogP contribution in [-0.4, -0.2) is 16.9 Å². The summed E-state index contributed by atoms with van der Waals surface area (Å²) in [6, 6.07) is 7.24. The number of rotatable bonds is 7. The normalized spacial score (nSPS) is 14.8. The number of alkyl halides is 6. The quantitative estimate of drug-likeness (QED) is 0.362. The van der Waals surface area contributed by atoms with Crippen LogP contribution in [0, 0.1) is 11.7 Å². The number of halogens is 9. The highest BCUT2D eigenvalue weighted by Gasteiger charge is 2.53. The van der Waals surface area contributed by atoms with E-state index in [4.69, 9.17) is 23.2 Å². The van der Waals surface area contributed by atoms with Crippen molar-refractivity contribution < 1.29 is 35.8 Å². The van der Waals surface area contributed by atoms with Gasteiger partial charge in [0, 0.05) is 11.4 Å². The van der Waals surface area contributed by atoms with Crippen molar-refractivity contribution >= 4 is 23.2 Å². The molecule has 0 amide bonds. The molecule has 10 heteroatoms. The van der Waals surface area contributed by atoms with Gasteiger partial charge in [-0.2, -0.15) is 26.3 Å². The Morgan fingerprint density at radius 3 is 1.97 bits per heavy atom. The van der Waals surface area contributed by atoms with Crippen LogP contribution in [0.25, 0.3) is 0 Å². The molecule has 0 fully saturated rings. The molecule has 2 rings (SSSR count). The Kier molecular flexibility index (Phi) is 10.5. The maximum absolute atomic E-state index is 14.2. The smallest absolute Gasteiger partial charge is 0.380 e. The van der Waals surface area contributed by atoms with Crippen LogP contribution in [0.1, 0.15) is 50.3 Å². The highest BCUT2D eigenvalue weighted by Crippen LogP contribution is 2.40. The molecular formula is C23H25Cl2F7O. The third kappa shape index (κ3) is 8.34. The van der Waals surface area contributed by atoms with E-state index < -0.39 is 52.8 Å². The molecule has 0 saturated carbocycles. The first-order chi connectivity index (χ1) is 15.1. The first kappa shape index (κ1) is 29.5. The fourth-order valence-corrected chi connectivity index (χ4v) is 3.56. The third-order valence-corrected chi connectivity index (χ3v) is 5.52. The lowest BCUT2D eigenvalue weighted by Gasteiger charge is -2.32. The summed E-state index contributed by atoms with van der Waals surface area (Å²) in [5.74, 6) is -1.73. The van der Waals surface area contributed by atoms with Gasteiger partial charge in [0.15, 0.2) is 5.60 Å². The largest absolute Gasteiger partial charge is 0.417 e. The Balaban J connectivity index is 0.00000265. The molecule has 0 saturated heterocycles. The molecule has 2 atom stereocenters. The summed E-state index contributed by atoms with van der Waals surface area (Å²) < 4.78 is 94.0. The number of benzene rings is 2. The fraction of sp³-hybridized carbons (Fsp3) is 0.478. The van der Waals surface area contributed by atoms with Gasteiger partial charge in [0.25, 0.3) is 0 Å². The highest BCUT2D eigenvalue weighted by molar-refractivity contribution is 6.31. The van der Waals surface area contributed by atoms with Crippen LogP contribution in [-0.2, 0) is 19.0 Å². The molecule has 0 aliphatic carbocycles.